The molecular formula is C17H18N2OS. The van der Waals surface area contributed by atoms with Crippen molar-refractivity contribution in [2.24, 2.45) is 23.7 Å². The molecule has 3 fully saturated rings. The van der Waals surface area contributed by atoms with Gasteiger partial charge in [-0.2, -0.15) is 0 Å². The fourth-order valence-corrected chi connectivity index (χ4v) is 6.00. The van der Waals surface area contributed by atoms with Crippen molar-refractivity contribution in [3.8, 4) is 0 Å². The molecule has 4 heteroatoms. The summed E-state index contributed by atoms with van der Waals surface area (Å²) in [5.41, 5.74) is 6.81. The van der Waals surface area contributed by atoms with Crippen LogP contribution in [0.1, 0.15) is 28.9 Å². The van der Waals surface area contributed by atoms with Crippen molar-refractivity contribution in [3.63, 3.8) is 0 Å². The summed E-state index contributed by atoms with van der Waals surface area (Å²) < 4.78 is 1.09. The standard InChI is InChI=1S/C17H18N2OS/c18-14-10-3-1-2-4-11(10)21-16(14)17(20)19-15-12-8-5-6-9(7-8)13(12)15/h1-4,8-9,12-13,15H,5-7,18H2,(H,19,20). The van der Waals surface area contributed by atoms with Gasteiger partial charge in [0.05, 0.1) is 5.69 Å². The molecule has 3 aliphatic rings. The lowest BCUT2D eigenvalue weighted by atomic mass is 10.0. The van der Waals surface area contributed by atoms with Gasteiger partial charge in [-0.05, 0) is 49.0 Å². The number of carbonyl (C=O) groups is 1. The summed E-state index contributed by atoms with van der Waals surface area (Å²) in [6, 6.07) is 8.40. The van der Waals surface area contributed by atoms with Crippen LogP contribution in [-0.2, 0) is 0 Å². The van der Waals surface area contributed by atoms with Gasteiger partial charge in [-0.1, -0.05) is 18.2 Å². The van der Waals surface area contributed by atoms with Crippen LogP contribution in [-0.4, -0.2) is 11.9 Å². The SMILES string of the molecule is Nc1c(C(=O)NC2C3C4CCC(C4)C23)sc2ccccc12. The van der Waals surface area contributed by atoms with Gasteiger partial charge in [0.15, 0.2) is 0 Å². The lowest BCUT2D eigenvalue weighted by Crippen LogP contribution is -2.29. The number of thiophene rings is 1. The second kappa shape index (κ2) is 4.01. The third-order valence-corrected chi connectivity index (χ3v) is 7.06. The van der Waals surface area contributed by atoms with E-state index in [1.807, 2.05) is 24.3 Å². The van der Waals surface area contributed by atoms with E-state index in [0.29, 0.717) is 16.6 Å². The first kappa shape index (κ1) is 12.0. The third kappa shape index (κ3) is 1.57. The minimum Gasteiger partial charge on any atom is -0.397 e. The largest absolute Gasteiger partial charge is 0.397 e. The Bertz CT molecular complexity index is 736. The van der Waals surface area contributed by atoms with Gasteiger partial charge in [-0.25, -0.2) is 0 Å². The van der Waals surface area contributed by atoms with Crippen LogP contribution in [0, 0.1) is 23.7 Å². The Hall–Kier alpha value is -1.55. The van der Waals surface area contributed by atoms with Crippen LogP contribution in [0.5, 0.6) is 0 Å². The Morgan fingerprint density at radius 2 is 1.90 bits per heavy atom. The van der Waals surface area contributed by atoms with E-state index in [1.54, 1.807) is 0 Å². The van der Waals surface area contributed by atoms with Crippen molar-refractivity contribution < 1.29 is 4.79 Å². The Morgan fingerprint density at radius 1 is 1.19 bits per heavy atom. The molecule has 0 radical (unpaired) electrons. The molecule has 0 spiro atoms. The first-order valence-corrected chi connectivity index (χ1v) is 8.63. The maximum absolute atomic E-state index is 12.6. The number of rotatable bonds is 2. The number of nitrogens with two attached hydrogens (primary N) is 1. The second-order valence-corrected chi connectivity index (χ2v) is 7.88. The van der Waals surface area contributed by atoms with Gasteiger partial charge in [-0.3, -0.25) is 4.79 Å². The highest BCUT2D eigenvalue weighted by atomic mass is 32.1. The van der Waals surface area contributed by atoms with E-state index >= 15 is 0 Å². The van der Waals surface area contributed by atoms with Gasteiger partial charge in [-0.15, -0.1) is 11.3 Å². The molecule has 0 aliphatic heterocycles. The molecule has 3 N–H and O–H groups in total. The normalized spacial score (nSPS) is 35.9. The lowest BCUT2D eigenvalue weighted by molar-refractivity contribution is 0.0949. The van der Waals surface area contributed by atoms with Crippen LogP contribution in [0.2, 0.25) is 0 Å². The van der Waals surface area contributed by atoms with Crippen LogP contribution in [0.15, 0.2) is 24.3 Å². The zero-order valence-corrected chi connectivity index (χ0v) is 12.5. The highest BCUT2D eigenvalue weighted by molar-refractivity contribution is 7.21. The molecule has 5 rings (SSSR count). The van der Waals surface area contributed by atoms with Crippen molar-refractivity contribution >= 4 is 33.0 Å². The van der Waals surface area contributed by atoms with Crippen molar-refractivity contribution in [3.05, 3.63) is 29.1 Å². The Morgan fingerprint density at radius 3 is 2.62 bits per heavy atom. The predicted octanol–water partition coefficient (Wildman–Crippen LogP) is 3.26. The summed E-state index contributed by atoms with van der Waals surface area (Å²) in [5.74, 6) is 3.33. The van der Waals surface area contributed by atoms with Crippen LogP contribution in [0.25, 0.3) is 10.1 Å². The number of benzene rings is 1. The van der Waals surface area contributed by atoms with Crippen LogP contribution >= 0.6 is 11.3 Å². The maximum Gasteiger partial charge on any atom is 0.263 e. The molecule has 108 valence electrons. The van der Waals surface area contributed by atoms with Crippen LogP contribution in [0.3, 0.4) is 0 Å². The van der Waals surface area contributed by atoms with Crippen molar-refractivity contribution in [1.29, 1.82) is 0 Å². The van der Waals surface area contributed by atoms with Gasteiger partial charge >= 0.3 is 0 Å². The summed E-state index contributed by atoms with van der Waals surface area (Å²) in [4.78, 5) is 13.3. The van der Waals surface area contributed by atoms with Crippen LogP contribution < -0.4 is 11.1 Å². The van der Waals surface area contributed by atoms with Gasteiger partial charge < -0.3 is 11.1 Å². The fourth-order valence-electron chi connectivity index (χ4n) is 4.97. The summed E-state index contributed by atoms with van der Waals surface area (Å²) in [6.45, 7) is 0. The smallest absolute Gasteiger partial charge is 0.263 e. The molecule has 21 heavy (non-hydrogen) atoms. The Labute approximate surface area is 127 Å². The van der Waals surface area contributed by atoms with E-state index in [-0.39, 0.29) is 5.91 Å². The van der Waals surface area contributed by atoms with E-state index in [9.17, 15) is 4.79 Å². The van der Waals surface area contributed by atoms with Gasteiger partial charge in [0.1, 0.15) is 4.88 Å². The molecular weight excluding hydrogens is 280 g/mol. The molecule has 1 aromatic carbocycles. The number of nitrogens with one attached hydrogen (secondary N) is 1. The molecule has 3 saturated carbocycles. The summed E-state index contributed by atoms with van der Waals surface area (Å²) in [5, 5.41) is 4.27. The number of fused-ring (bicyclic) bond motifs is 6. The first-order chi connectivity index (χ1) is 10.2. The van der Waals surface area contributed by atoms with E-state index in [2.05, 4.69) is 5.32 Å². The number of hydrogen-bond acceptors (Lipinski definition) is 3. The molecule has 1 heterocycles. The Balaban J connectivity index is 1.40. The molecule has 2 aromatic rings. The quantitative estimate of drug-likeness (QED) is 0.894. The average molecular weight is 298 g/mol. The predicted molar refractivity (Wildman–Crippen MR) is 85.3 cm³/mol. The molecule has 3 aliphatic carbocycles. The number of anilines is 1. The first-order valence-electron chi connectivity index (χ1n) is 7.82. The van der Waals surface area contributed by atoms with E-state index in [4.69, 9.17) is 5.73 Å². The number of carbonyl (C=O) groups excluding carboxylic acids is 1. The van der Waals surface area contributed by atoms with E-state index < -0.39 is 0 Å². The maximum atomic E-state index is 12.6. The van der Waals surface area contributed by atoms with Gasteiger partial charge in [0, 0.05) is 16.1 Å². The minimum absolute atomic E-state index is 0.0347. The molecule has 1 aromatic heterocycles. The fraction of sp³-hybridized carbons (Fsp3) is 0.471. The van der Waals surface area contributed by atoms with Crippen molar-refractivity contribution in [2.45, 2.75) is 25.3 Å². The van der Waals surface area contributed by atoms with Crippen LogP contribution in [0.4, 0.5) is 5.69 Å². The molecule has 4 atom stereocenters. The average Bonchev–Trinajstić information content (AvgIpc) is 2.84. The van der Waals surface area contributed by atoms with Crippen molar-refractivity contribution in [1.82, 2.24) is 5.32 Å². The highest BCUT2D eigenvalue weighted by Gasteiger charge is 2.65. The zero-order chi connectivity index (χ0) is 14.1. The topological polar surface area (TPSA) is 55.1 Å². The Kier molecular flexibility index (Phi) is 2.30. The third-order valence-electron chi connectivity index (χ3n) is 5.87. The molecule has 1 amide bonds. The van der Waals surface area contributed by atoms with Gasteiger partial charge in [0.2, 0.25) is 0 Å². The highest BCUT2D eigenvalue weighted by Crippen LogP contribution is 2.65. The van der Waals surface area contributed by atoms with E-state index in [1.165, 1.54) is 30.6 Å². The summed E-state index contributed by atoms with van der Waals surface area (Å²) in [7, 11) is 0. The zero-order valence-electron chi connectivity index (χ0n) is 11.7. The lowest BCUT2D eigenvalue weighted by Gasteiger charge is -2.10. The van der Waals surface area contributed by atoms with Gasteiger partial charge in [0.25, 0.3) is 5.91 Å². The number of nitrogen functional groups attached to an aromatic ring is 1. The molecule has 0 saturated heterocycles. The summed E-state index contributed by atoms with van der Waals surface area (Å²) >= 11 is 1.51. The minimum atomic E-state index is 0.0347. The summed E-state index contributed by atoms with van der Waals surface area (Å²) in [6.07, 6.45) is 4.17. The molecule has 2 bridgehead atoms. The van der Waals surface area contributed by atoms with E-state index in [0.717, 1.165) is 33.8 Å². The number of hydrogen-bond donors (Lipinski definition) is 2. The molecule has 3 nitrogen and oxygen atoms in total. The second-order valence-electron chi connectivity index (χ2n) is 6.83. The molecule has 4 unspecified atom stereocenters. The monoisotopic (exact) mass is 298 g/mol. The number of amides is 1. The van der Waals surface area contributed by atoms with Crippen molar-refractivity contribution in [2.75, 3.05) is 5.73 Å².